The van der Waals surface area contributed by atoms with E-state index in [1.54, 1.807) is 34.9 Å². The predicted octanol–water partition coefficient (Wildman–Crippen LogP) is 6.49. The molecule has 0 atom stereocenters. The summed E-state index contributed by atoms with van der Waals surface area (Å²) in [5, 5.41) is 7.68. The molecule has 2 aromatic heterocycles. The van der Waals surface area contributed by atoms with Gasteiger partial charge in [-0.3, -0.25) is 0 Å². The van der Waals surface area contributed by atoms with Crippen molar-refractivity contribution in [2.75, 3.05) is 13.7 Å². The number of benzene rings is 2. The average molecular weight is 474 g/mol. The SMILES string of the molecule is CCOc1ccc(-c2nc(CSc3nn(-c4ccccc4)c(=S)s3)cs2)cc1OC. The number of thioether (sulfide) groups is 1. The molecule has 0 saturated heterocycles. The fraction of sp³-hybridized carbons (Fsp3) is 0.190. The molecule has 0 spiro atoms. The Labute approximate surface area is 192 Å². The minimum Gasteiger partial charge on any atom is -0.493 e. The lowest BCUT2D eigenvalue weighted by molar-refractivity contribution is 0.311. The second kappa shape index (κ2) is 9.74. The molecule has 154 valence electrons. The van der Waals surface area contributed by atoms with Gasteiger partial charge < -0.3 is 9.47 Å². The van der Waals surface area contributed by atoms with Crippen LogP contribution in [-0.2, 0) is 5.75 Å². The average Bonchev–Trinajstić information content (AvgIpc) is 3.40. The van der Waals surface area contributed by atoms with Gasteiger partial charge in [0.05, 0.1) is 25.1 Å². The summed E-state index contributed by atoms with van der Waals surface area (Å²) in [7, 11) is 1.65. The lowest BCUT2D eigenvalue weighted by Gasteiger charge is -2.09. The smallest absolute Gasteiger partial charge is 0.184 e. The van der Waals surface area contributed by atoms with Crippen molar-refractivity contribution in [1.29, 1.82) is 0 Å². The maximum Gasteiger partial charge on any atom is 0.184 e. The highest BCUT2D eigenvalue weighted by Crippen LogP contribution is 2.35. The van der Waals surface area contributed by atoms with Gasteiger partial charge in [0.2, 0.25) is 0 Å². The second-order valence-electron chi connectivity index (χ2n) is 6.11. The Bertz CT molecular complexity index is 1180. The molecular formula is C21H19N3O2S4. The second-order valence-corrected chi connectivity index (χ2v) is 9.82. The molecule has 0 bridgehead atoms. The van der Waals surface area contributed by atoms with Crippen molar-refractivity contribution < 1.29 is 9.47 Å². The number of thiazole rings is 1. The molecule has 0 unspecified atom stereocenters. The van der Waals surface area contributed by atoms with Crippen molar-refractivity contribution in [1.82, 2.24) is 14.8 Å². The summed E-state index contributed by atoms with van der Waals surface area (Å²) >= 11 is 10.3. The highest BCUT2D eigenvalue weighted by atomic mass is 32.2. The van der Waals surface area contributed by atoms with Crippen molar-refractivity contribution in [3.63, 3.8) is 0 Å². The number of nitrogens with zero attached hydrogens (tertiary/aromatic N) is 3. The van der Waals surface area contributed by atoms with Gasteiger partial charge in [-0.05, 0) is 49.5 Å². The van der Waals surface area contributed by atoms with Gasteiger partial charge in [-0.2, -0.15) is 0 Å². The van der Waals surface area contributed by atoms with Crippen LogP contribution in [0.25, 0.3) is 16.3 Å². The van der Waals surface area contributed by atoms with Gasteiger partial charge in [0, 0.05) is 16.7 Å². The Morgan fingerprint density at radius 2 is 1.97 bits per heavy atom. The lowest BCUT2D eigenvalue weighted by atomic mass is 10.2. The maximum absolute atomic E-state index is 5.59. The largest absolute Gasteiger partial charge is 0.493 e. The molecule has 0 radical (unpaired) electrons. The number of ether oxygens (including phenoxy) is 2. The highest BCUT2D eigenvalue weighted by molar-refractivity contribution is 8.00. The van der Waals surface area contributed by atoms with E-state index in [0.29, 0.717) is 12.4 Å². The molecule has 30 heavy (non-hydrogen) atoms. The fourth-order valence-corrected chi connectivity index (χ4v) is 5.94. The van der Waals surface area contributed by atoms with Crippen LogP contribution in [0.2, 0.25) is 0 Å². The van der Waals surface area contributed by atoms with E-state index in [9.17, 15) is 0 Å². The molecule has 0 N–H and O–H groups in total. The van der Waals surface area contributed by atoms with E-state index >= 15 is 0 Å². The summed E-state index contributed by atoms with van der Waals surface area (Å²) in [6.45, 7) is 2.55. The van der Waals surface area contributed by atoms with E-state index < -0.39 is 0 Å². The van der Waals surface area contributed by atoms with Crippen LogP contribution in [0.5, 0.6) is 11.5 Å². The molecule has 0 saturated carbocycles. The third kappa shape index (κ3) is 4.75. The summed E-state index contributed by atoms with van der Waals surface area (Å²) in [6.07, 6.45) is 0. The van der Waals surface area contributed by atoms with Gasteiger partial charge in [-0.15, -0.1) is 16.4 Å². The standard InChI is InChI=1S/C21H19N3O2S4/c1-3-26-17-10-9-14(11-18(17)25-2)19-22-15(12-28-19)13-29-20-23-24(21(27)30-20)16-7-5-4-6-8-16/h4-12H,3,13H2,1-2H3. The molecule has 4 rings (SSSR count). The first kappa shape index (κ1) is 21.0. The van der Waals surface area contributed by atoms with Crippen LogP contribution in [0.15, 0.2) is 58.3 Å². The summed E-state index contributed by atoms with van der Waals surface area (Å²) in [4.78, 5) is 4.78. The monoisotopic (exact) mass is 473 g/mol. The molecule has 2 heterocycles. The Morgan fingerprint density at radius 1 is 1.13 bits per heavy atom. The molecule has 4 aromatic rings. The van der Waals surface area contributed by atoms with Crippen LogP contribution in [0.4, 0.5) is 0 Å². The van der Waals surface area contributed by atoms with Crippen molar-refractivity contribution in [3.05, 3.63) is 63.6 Å². The third-order valence-electron chi connectivity index (χ3n) is 4.14. The van der Waals surface area contributed by atoms with Gasteiger partial charge >= 0.3 is 0 Å². The molecule has 0 aliphatic heterocycles. The van der Waals surface area contributed by atoms with E-state index in [0.717, 1.165) is 41.7 Å². The van der Waals surface area contributed by atoms with Crippen LogP contribution in [-0.4, -0.2) is 28.5 Å². The van der Waals surface area contributed by atoms with E-state index in [-0.39, 0.29) is 0 Å². The summed E-state index contributed by atoms with van der Waals surface area (Å²) in [5.74, 6) is 2.19. The minimum atomic E-state index is 0.599. The minimum absolute atomic E-state index is 0.599. The molecule has 0 aliphatic carbocycles. The van der Waals surface area contributed by atoms with Gasteiger partial charge in [-0.25, -0.2) is 9.67 Å². The zero-order chi connectivity index (χ0) is 20.9. The summed E-state index contributed by atoms with van der Waals surface area (Å²) in [6, 6.07) is 15.9. The zero-order valence-electron chi connectivity index (χ0n) is 16.4. The third-order valence-corrected chi connectivity index (χ3v) is 7.47. The van der Waals surface area contributed by atoms with Crippen LogP contribution in [0, 0.1) is 3.95 Å². The number of rotatable bonds is 8. The van der Waals surface area contributed by atoms with Crippen LogP contribution >= 0.6 is 46.7 Å². The normalized spacial score (nSPS) is 10.9. The van der Waals surface area contributed by atoms with E-state index in [4.69, 9.17) is 26.7 Å². The number of aromatic nitrogens is 3. The van der Waals surface area contributed by atoms with Gasteiger partial charge in [0.25, 0.3) is 0 Å². The fourth-order valence-electron chi connectivity index (χ4n) is 2.77. The summed E-state index contributed by atoms with van der Waals surface area (Å²) < 4.78 is 14.5. The molecule has 9 heteroatoms. The Balaban J connectivity index is 1.46. The number of hydrogen-bond acceptors (Lipinski definition) is 8. The quantitative estimate of drug-likeness (QED) is 0.215. The first-order valence-corrected chi connectivity index (χ1v) is 12.3. The van der Waals surface area contributed by atoms with E-state index in [1.165, 1.54) is 11.3 Å². The van der Waals surface area contributed by atoms with E-state index in [1.807, 2.05) is 55.5 Å². The Kier molecular flexibility index (Phi) is 6.83. The topological polar surface area (TPSA) is 49.2 Å². The predicted molar refractivity (Wildman–Crippen MR) is 127 cm³/mol. The number of hydrogen-bond donors (Lipinski definition) is 0. The molecular weight excluding hydrogens is 455 g/mol. The zero-order valence-corrected chi connectivity index (χ0v) is 19.7. The number of para-hydroxylation sites is 1. The van der Waals surface area contributed by atoms with Crippen LogP contribution in [0.3, 0.4) is 0 Å². The molecule has 0 fully saturated rings. The van der Waals surface area contributed by atoms with Crippen molar-refractivity contribution in [2.24, 2.45) is 0 Å². The van der Waals surface area contributed by atoms with Crippen molar-refractivity contribution in [2.45, 2.75) is 17.0 Å². The van der Waals surface area contributed by atoms with Crippen molar-refractivity contribution in [3.8, 4) is 27.8 Å². The number of methoxy groups -OCH3 is 1. The summed E-state index contributed by atoms with van der Waals surface area (Å²) in [5.41, 5.74) is 3.01. The molecule has 5 nitrogen and oxygen atoms in total. The van der Waals surface area contributed by atoms with Crippen LogP contribution < -0.4 is 9.47 Å². The maximum atomic E-state index is 5.59. The molecule has 2 aromatic carbocycles. The Hall–Kier alpha value is -2.20. The molecule has 0 aliphatic rings. The van der Waals surface area contributed by atoms with Crippen molar-refractivity contribution >= 4 is 46.7 Å². The van der Waals surface area contributed by atoms with Gasteiger partial charge in [0.15, 0.2) is 19.8 Å². The van der Waals surface area contributed by atoms with Gasteiger partial charge in [0.1, 0.15) is 5.01 Å². The lowest BCUT2D eigenvalue weighted by Crippen LogP contribution is -1.95. The van der Waals surface area contributed by atoms with Gasteiger partial charge in [-0.1, -0.05) is 41.3 Å². The van der Waals surface area contributed by atoms with E-state index in [2.05, 4.69) is 10.5 Å². The first-order valence-electron chi connectivity index (χ1n) is 9.22. The highest BCUT2D eigenvalue weighted by Gasteiger charge is 2.12. The Morgan fingerprint density at radius 3 is 2.73 bits per heavy atom. The van der Waals surface area contributed by atoms with Crippen LogP contribution in [0.1, 0.15) is 12.6 Å². The molecule has 0 amide bonds. The first-order chi connectivity index (χ1) is 14.7.